The smallest absolute Gasteiger partial charge is 0.405 e. The van der Waals surface area contributed by atoms with Gasteiger partial charge in [-0.25, -0.2) is 4.79 Å². The number of amides is 1. The summed E-state index contributed by atoms with van der Waals surface area (Å²) in [6.45, 7) is 5.26. The molecule has 1 unspecified atom stereocenters. The van der Waals surface area contributed by atoms with E-state index in [1.165, 1.54) is 7.11 Å². The Morgan fingerprint density at radius 3 is 2.11 bits per heavy atom. The zero-order valence-corrected chi connectivity index (χ0v) is 12.1. The summed E-state index contributed by atoms with van der Waals surface area (Å²) < 4.78 is 9.00. The van der Waals surface area contributed by atoms with Gasteiger partial charge < -0.3 is 26.0 Å². The van der Waals surface area contributed by atoms with E-state index in [0.29, 0.717) is 19.3 Å². The Hall–Kier alpha value is -1.34. The molecule has 7 nitrogen and oxygen atoms in total. The maximum absolute atomic E-state index is 10.6. The van der Waals surface area contributed by atoms with Crippen LogP contribution in [-0.4, -0.2) is 42.5 Å². The van der Waals surface area contributed by atoms with Crippen molar-refractivity contribution in [1.82, 2.24) is 0 Å². The van der Waals surface area contributed by atoms with Gasteiger partial charge >= 0.3 is 12.1 Å². The van der Waals surface area contributed by atoms with Crippen LogP contribution in [0.4, 0.5) is 4.79 Å². The molecule has 19 heavy (non-hydrogen) atoms. The molecule has 5 N–H and O–H groups in total. The summed E-state index contributed by atoms with van der Waals surface area (Å²) in [5.41, 5.74) is 9.66. The summed E-state index contributed by atoms with van der Waals surface area (Å²) in [6, 6.07) is -0.209. The van der Waals surface area contributed by atoms with Crippen LogP contribution in [0.1, 0.15) is 40.0 Å². The number of primary amides is 1. The van der Waals surface area contributed by atoms with Gasteiger partial charge in [-0.1, -0.05) is 0 Å². The quantitative estimate of drug-likeness (QED) is 0.630. The molecule has 0 saturated carbocycles. The minimum Gasteiger partial charge on any atom is -0.469 e. The molecular formula is C12H26N2O5. The first-order valence-corrected chi connectivity index (χ1v) is 6.04. The van der Waals surface area contributed by atoms with Crippen LogP contribution in [0.3, 0.4) is 0 Å². The zero-order chi connectivity index (χ0) is 15.5. The third-order valence-corrected chi connectivity index (χ3v) is 1.82. The normalized spacial score (nSPS) is 11.9. The number of nitrogens with two attached hydrogens (primary N) is 2. The lowest BCUT2D eigenvalue weighted by Gasteiger charge is -2.16. The minimum atomic E-state index is -0.725. The van der Waals surface area contributed by atoms with Crippen molar-refractivity contribution in [2.75, 3.05) is 13.7 Å². The highest BCUT2D eigenvalue weighted by molar-refractivity contribution is 5.69. The predicted molar refractivity (Wildman–Crippen MR) is 71.3 cm³/mol. The fourth-order valence-electron chi connectivity index (χ4n) is 1.00. The SMILES string of the molecule is CC(C)(C)OC(N)=O.COC(=O)CCCC(N)CO. The second-order valence-corrected chi connectivity index (χ2v) is 4.94. The van der Waals surface area contributed by atoms with Gasteiger partial charge in [0, 0.05) is 12.5 Å². The highest BCUT2D eigenvalue weighted by Gasteiger charge is 2.12. The highest BCUT2D eigenvalue weighted by atomic mass is 16.6. The molecule has 0 spiro atoms. The van der Waals surface area contributed by atoms with Crippen molar-refractivity contribution >= 4 is 12.1 Å². The molecule has 1 atom stereocenters. The van der Waals surface area contributed by atoms with Crippen LogP contribution in [0.25, 0.3) is 0 Å². The summed E-state index contributed by atoms with van der Waals surface area (Å²) in [5.74, 6) is -0.227. The van der Waals surface area contributed by atoms with Crippen LogP contribution in [0, 0.1) is 0 Å². The summed E-state index contributed by atoms with van der Waals surface area (Å²) in [4.78, 5) is 20.6. The number of carbonyl (C=O) groups is 2. The molecular weight excluding hydrogens is 252 g/mol. The number of carbonyl (C=O) groups excluding carboxylic acids is 2. The van der Waals surface area contributed by atoms with Crippen LogP contribution < -0.4 is 11.5 Å². The number of hydrogen-bond donors (Lipinski definition) is 3. The molecule has 0 rings (SSSR count). The second-order valence-electron chi connectivity index (χ2n) is 4.94. The van der Waals surface area contributed by atoms with E-state index in [1.807, 2.05) is 0 Å². The van der Waals surface area contributed by atoms with E-state index >= 15 is 0 Å². The third-order valence-electron chi connectivity index (χ3n) is 1.82. The van der Waals surface area contributed by atoms with Gasteiger partial charge in [-0.3, -0.25) is 4.79 Å². The van der Waals surface area contributed by atoms with Gasteiger partial charge in [-0.2, -0.15) is 0 Å². The molecule has 0 bridgehead atoms. The Bertz CT molecular complexity index is 263. The monoisotopic (exact) mass is 278 g/mol. The van der Waals surface area contributed by atoms with E-state index in [4.69, 9.17) is 16.6 Å². The van der Waals surface area contributed by atoms with Crippen LogP contribution in [0.5, 0.6) is 0 Å². The molecule has 0 saturated heterocycles. The molecule has 0 aromatic rings. The Balaban J connectivity index is 0. The largest absolute Gasteiger partial charge is 0.469 e. The number of aliphatic hydroxyl groups is 1. The fraction of sp³-hybridized carbons (Fsp3) is 0.833. The lowest BCUT2D eigenvalue weighted by atomic mass is 10.1. The van der Waals surface area contributed by atoms with Crippen molar-refractivity contribution < 1.29 is 24.2 Å². The summed E-state index contributed by atoms with van der Waals surface area (Å²) in [7, 11) is 1.36. The maximum atomic E-state index is 10.6. The molecule has 0 radical (unpaired) electrons. The number of rotatable bonds is 5. The standard InChI is InChI=1S/C7H15NO3.C5H11NO2/c1-11-7(10)4-2-3-6(8)5-9;1-5(2,3)8-4(6)7/h6,9H,2-5,8H2,1H3;1-3H3,(H2,6,7). The van der Waals surface area contributed by atoms with Crippen molar-refractivity contribution in [2.24, 2.45) is 11.5 Å². The molecule has 0 aliphatic heterocycles. The number of methoxy groups -OCH3 is 1. The molecule has 7 heteroatoms. The van der Waals surface area contributed by atoms with Crippen molar-refractivity contribution in [2.45, 2.75) is 51.7 Å². The Morgan fingerprint density at radius 1 is 1.32 bits per heavy atom. The zero-order valence-electron chi connectivity index (χ0n) is 12.1. The van der Waals surface area contributed by atoms with Gasteiger partial charge in [0.05, 0.1) is 13.7 Å². The van der Waals surface area contributed by atoms with Gasteiger partial charge in [-0.15, -0.1) is 0 Å². The van der Waals surface area contributed by atoms with Crippen LogP contribution in [0.15, 0.2) is 0 Å². The highest BCUT2D eigenvalue weighted by Crippen LogP contribution is 2.04. The minimum absolute atomic E-state index is 0.0266. The molecule has 114 valence electrons. The van der Waals surface area contributed by atoms with E-state index < -0.39 is 11.7 Å². The molecule has 1 amide bonds. The topological polar surface area (TPSA) is 125 Å². The summed E-state index contributed by atoms with van der Waals surface area (Å²) in [6.07, 6.45) is 0.988. The molecule has 0 aromatic heterocycles. The Kier molecular flexibility index (Phi) is 11.1. The van der Waals surface area contributed by atoms with E-state index in [9.17, 15) is 9.59 Å². The third kappa shape index (κ3) is 19.2. The first-order chi connectivity index (χ1) is 8.62. The summed E-state index contributed by atoms with van der Waals surface area (Å²) >= 11 is 0. The number of esters is 1. The lowest BCUT2D eigenvalue weighted by Crippen LogP contribution is -2.27. The average Bonchev–Trinajstić information content (AvgIpc) is 2.25. The van der Waals surface area contributed by atoms with Gasteiger partial charge in [0.1, 0.15) is 5.60 Å². The first-order valence-electron chi connectivity index (χ1n) is 6.04. The number of hydrogen-bond acceptors (Lipinski definition) is 6. The van der Waals surface area contributed by atoms with Crippen molar-refractivity contribution in [1.29, 1.82) is 0 Å². The fourth-order valence-corrected chi connectivity index (χ4v) is 1.00. The van der Waals surface area contributed by atoms with E-state index in [1.54, 1.807) is 20.8 Å². The molecule has 0 fully saturated rings. The second kappa shape index (κ2) is 10.6. The van der Waals surface area contributed by atoms with Crippen molar-refractivity contribution in [3.05, 3.63) is 0 Å². The van der Waals surface area contributed by atoms with Crippen molar-refractivity contribution in [3.8, 4) is 0 Å². The van der Waals surface area contributed by atoms with Crippen LogP contribution in [0.2, 0.25) is 0 Å². The van der Waals surface area contributed by atoms with Crippen LogP contribution in [-0.2, 0) is 14.3 Å². The molecule has 0 aliphatic carbocycles. The van der Waals surface area contributed by atoms with Gasteiger partial charge in [0.2, 0.25) is 0 Å². The van der Waals surface area contributed by atoms with Crippen LogP contribution >= 0.6 is 0 Å². The van der Waals surface area contributed by atoms with Gasteiger partial charge in [0.15, 0.2) is 0 Å². The maximum Gasteiger partial charge on any atom is 0.405 e. The average molecular weight is 278 g/mol. The summed E-state index contributed by atoms with van der Waals surface area (Å²) in [5, 5.41) is 8.52. The molecule has 0 aromatic carbocycles. The van der Waals surface area contributed by atoms with Gasteiger partial charge in [0.25, 0.3) is 0 Å². The molecule has 0 aliphatic rings. The van der Waals surface area contributed by atoms with E-state index in [-0.39, 0.29) is 18.6 Å². The Morgan fingerprint density at radius 2 is 1.84 bits per heavy atom. The predicted octanol–water partition coefficient (Wildman–Crippen LogP) is 0.530. The number of aliphatic hydroxyl groups excluding tert-OH is 1. The number of ether oxygens (including phenoxy) is 2. The Labute approximate surface area is 114 Å². The van der Waals surface area contributed by atoms with Crippen molar-refractivity contribution in [3.63, 3.8) is 0 Å². The molecule has 0 heterocycles. The van der Waals surface area contributed by atoms with E-state index in [2.05, 4.69) is 9.47 Å². The first kappa shape index (κ1) is 20.0. The van der Waals surface area contributed by atoms with E-state index in [0.717, 1.165) is 0 Å². The lowest BCUT2D eigenvalue weighted by molar-refractivity contribution is -0.140. The van der Waals surface area contributed by atoms with Gasteiger partial charge in [-0.05, 0) is 33.6 Å².